The van der Waals surface area contributed by atoms with Crippen molar-refractivity contribution in [3.05, 3.63) is 23.8 Å². The minimum absolute atomic E-state index is 0.150. The summed E-state index contributed by atoms with van der Waals surface area (Å²) in [7, 11) is 0. The Morgan fingerprint density at radius 1 is 1.42 bits per heavy atom. The van der Waals surface area contributed by atoms with E-state index in [-0.39, 0.29) is 5.54 Å². The van der Waals surface area contributed by atoms with Crippen LogP contribution in [0.15, 0.2) is 18.1 Å². The van der Waals surface area contributed by atoms with Crippen LogP contribution in [0.2, 0.25) is 0 Å². The normalized spacial score (nSPS) is 13.3. The molecule has 19 heavy (non-hydrogen) atoms. The Bertz CT molecular complexity index is 408. The highest BCUT2D eigenvalue weighted by Gasteiger charge is 2.12. The van der Waals surface area contributed by atoms with E-state index < -0.39 is 0 Å². The minimum atomic E-state index is 0.150. The van der Waals surface area contributed by atoms with E-state index in [1.165, 1.54) is 11.3 Å². The van der Waals surface area contributed by atoms with Gasteiger partial charge in [-0.2, -0.15) is 0 Å². The number of hydrogen-bond donors (Lipinski definition) is 1. The van der Waals surface area contributed by atoms with Gasteiger partial charge in [0.25, 0.3) is 0 Å². The van der Waals surface area contributed by atoms with Crippen LogP contribution >= 0.6 is 0 Å². The molecule has 0 spiro atoms. The fraction of sp³-hybridized carbons (Fsp3) is 0.688. The third-order valence-corrected chi connectivity index (χ3v) is 3.11. The summed E-state index contributed by atoms with van der Waals surface area (Å²) in [4.78, 5) is 4.26. The number of rotatable bonds is 6. The predicted octanol–water partition coefficient (Wildman–Crippen LogP) is 3.72. The zero-order chi connectivity index (χ0) is 14.5. The molecule has 1 rings (SSSR count). The lowest BCUT2D eigenvalue weighted by molar-refractivity contribution is 0.437. The lowest BCUT2D eigenvalue weighted by Gasteiger charge is -2.23. The lowest BCUT2D eigenvalue weighted by atomic mass is 10.00. The van der Waals surface area contributed by atoms with Crippen LogP contribution in [0.3, 0.4) is 0 Å². The fourth-order valence-electron chi connectivity index (χ4n) is 1.86. The van der Waals surface area contributed by atoms with Crippen LogP contribution in [-0.4, -0.2) is 21.6 Å². The Morgan fingerprint density at radius 2 is 2.11 bits per heavy atom. The van der Waals surface area contributed by atoms with Crippen LogP contribution < -0.4 is 5.32 Å². The molecule has 1 heterocycles. The SMILES string of the molecule is CCCn1cncc1C=C(CNC(C)(C)C)C(C)C. The Balaban J connectivity index is 2.85. The van der Waals surface area contributed by atoms with Crippen molar-refractivity contribution in [3.63, 3.8) is 0 Å². The van der Waals surface area contributed by atoms with Crippen molar-refractivity contribution < 1.29 is 0 Å². The van der Waals surface area contributed by atoms with Crippen molar-refractivity contribution in [2.24, 2.45) is 5.92 Å². The molecule has 0 saturated carbocycles. The minimum Gasteiger partial charge on any atom is -0.331 e. The van der Waals surface area contributed by atoms with Gasteiger partial charge in [0, 0.05) is 18.6 Å². The van der Waals surface area contributed by atoms with Crippen LogP contribution in [0.4, 0.5) is 0 Å². The number of imidazole rings is 1. The van der Waals surface area contributed by atoms with Crippen molar-refractivity contribution in [2.45, 2.75) is 60.0 Å². The Kier molecular flexibility index (Phi) is 5.80. The average Bonchev–Trinajstić information content (AvgIpc) is 2.70. The van der Waals surface area contributed by atoms with Gasteiger partial charge in [-0.25, -0.2) is 4.98 Å². The van der Waals surface area contributed by atoms with E-state index in [9.17, 15) is 0 Å². The second-order valence-electron chi connectivity index (χ2n) is 6.49. The van der Waals surface area contributed by atoms with Gasteiger partial charge < -0.3 is 9.88 Å². The maximum Gasteiger partial charge on any atom is 0.0950 e. The molecule has 0 radical (unpaired) electrons. The van der Waals surface area contributed by atoms with Gasteiger partial charge in [-0.3, -0.25) is 0 Å². The van der Waals surface area contributed by atoms with E-state index in [1.54, 1.807) is 0 Å². The van der Waals surface area contributed by atoms with Gasteiger partial charge in [0.05, 0.1) is 18.2 Å². The number of aromatic nitrogens is 2. The number of aryl methyl sites for hydroxylation is 1. The summed E-state index contributed by atoms with van der Waals surface area (Å²) in [6.07, 6.45) is 7.29. The van der Waals surface area contributed by atoms with Gasteiger partial charge in [0.1, 0.15) is 0 Å². The van der Waals surface area contributed by atoms with Crippen molar-refractivity contribution >= 4 is 6.08 Å². The number of nitrogens with zero attached hydrogens (tertiary/aromatic N) is 2. The molecule has 1 N–H and O–H groups in total. The van der Waals surface area contributed by atoms with Crippen molar-refractivity contribution in [1.29, 1.82) is 0 Å². The van der Waals surface area contributed by atoms with Crippen molar-refractivity contribution in [3.8, 4) is 0 Å². The highest BCUT2D eigenvalue weighted by atomic mass is 15.0. The molecule has 108 valence electrons. The van der Waals surface area contributed by atoms with Crippen LogP contribution in [0.1, 0.15) is 53.7 Å². The second kappa shape index (κ2) is 6.90. The predicted molar refractivity (Wildman–Crippen MR) is 83.1 cm³/mol. The van der Waals surface area contributed by atoms with Gasteiger partial charge >= 0.3 is 0 Å². The summed E-state index contributed by atoms with van der Waals surface area (Å²) >= 11 is 0. The topological polar surface area (TPSA) is 29.9 Å². The third kappa shape index (κ3) is 5.60. The second-order valence-corrected chi connectivity index (χ2v) is 6.49. The molecule has 0 aliphatic heterocycles. The standard InChI is InChI=1S/C16H29N3/c1-7-8-19-12-17-11-15(19)9-14(13(2)3)10-18-16(4,5)6/h9,11-13,18H,7-8,10H2,1-6H3. The molecule has 0 aliphatic rings. The van der Waals surface area contributed by atoms with E-state index in [0.29, 0.717) is 5.92 Å². The monoisotopic (exact) mass is 263 g/mol. The third-order valence-electron chi connectivity index (χ3n) is 3.11. The first-order valence-corrected chi connectivity index (χ1v) is 7.29. The van der Waals surface area contributed by atoms with Crippen LogP contribution in [0.25, 0.3) is 6.08 Å². The van der Waals surface area contributed by atoms with Gasteiger partial charge in [0.15, 0.2) is 0 Å². The van der Waals surface area contributed by atoms with E-state index >= 15 is 0 Å². The van der Waals surface area contributed by atoms with Gasteiger partial charge in [0.2, 0.25) is 0 Å². The average molecular weight is 263 g/mol. The van der Waals surface area contributed by atoms with E-state index in [0.717, 1.165) is 19.5 Å². The van der Waals surface area contributed by atoms with Gasteiger partial charge in [-0.1, -0.05) is 26.3 Å². The maximum atomic E-state index is 4.26. The zero-order valence-electron chi connectivity index (χ0n) is 13.3. The fourth-order valence-corrected chi connectivity index (χ4v) is 1.86. The lowest BCUT2D eigenvalue weighted by Crippen LogP contribution is -2.37. The van der Waals surface area contributed by atoms with Crippen molar-refractivity contribution in [2.75, 3.05) is 6.54 Å². The molecular formula is C16H29N3. The van der Waals surface area contributed by atoms with Crippen LogP contribution in [0.5, 0.6) is 0 Å². The molecule has 0 aliphatic carbocycles. The summed E-state index contributed by atoms with van der Waals surface area (Å²) < 4.78 is 2.22. The van der Waals surface area contributed by atoms with Crippen LogP contribution in [0, 0.1) is 5.92 Å². The quantitative estimate of drug-likeness (QED) is 0.847. The number of nitrogens with one attached hydrogen (secondary N) is 1. The first-order valence-electron chi connectivity index (χ1n) is 7.29. The molecule has 0 amide bonds. The molecule has 0 saturated heterocycles. The smallest absolute Gasteiger partial charge is 0.0950 e. The first-order chi connectivity index (χ1) is 8.83. The zero-order valence-corrected chi connectivity index (χ0v) is 13.3. The summed E-state index contributed by atoms with van der Waals surface area (Å²) in [6, 6.07) is 0. The molecule has 0 aromatic carbocycles. The molecule has 0 atom stereocenters. The summed E-state index contributed by atoms with van der Waals surface area (Å²) in [6.45, 7) is 15.2. The summed E-state index contributed by atoms with van der Waals surface area (Å²) in [5.74, 6) is 0.542. The first kappa shape index (κ1) is 16.0. The molecule has 0 unspecified atom stereocenters. The largest absolute Gasteiger partial charge is 0.331 e. The molecule has 0 fully saturated rings. The molecular weight excluding hydrogens is 234 g/mol. The highest BCUT2D eigenvalue weighted by molar-refractivity contribution is 5.49. The Morgan fingerprint density at radius 3 is 2.63 bits per heavy atom. The Hall–Kier alpha value is -1.09. The number of hydrogen-bond acceptors (Lipinski definition) is 2. The van der Waals surface area contributed by atoms with Gasteiger partial charge in [-0.15, -0.1) is 0 Å². The maximum absolute atomic E-state index is 4.26. The molecule has 3 heteroatoms. The van der Waals surface area contributed by atoms with E-state index in [4.69, 9.17) is 0 Å². The molecule has 3 nitrogen and oxygen atoms in total. The van der Waals surface area contributed by atoms with Crippen molar-refractivity contribution in [1.82, 2.24) is 14.9 Å². The summed E-state index contributed by atoms with van der Waals surface area (Å²) in [5.41, 5.74) is 2.78. The summed E-state index contributed by atoms with van der Waals surface area (Å²) in [5, 5.41) is 3.57. The van der Waals surface area contributed by atoms with Gasteiger partial charge in [-0.05, 0) is 39.2 Å². The van der Waals surface area contributed by atoms with Crippen LogP contribution in [-0.2, 0) is 6.54 Å². The molecule has 0 bridgehead atoms. The molecule has 1 aromatic heterocycles. The Labute approximate surface area is 118 Å². The van der Waals surface area contributed by atoms with E-state index in [2.05, 4.69) is 62.5 Å². The highest BCUT2D eigenvalue weighted by Crippen LogP contribution is 2.15. The molecule has 1 aromatic rings. The van der Waals surface area contributed by atoms with E-state index in [1.807, 2.05) is 12.5 Å².